The SMILES string of the molecule is Cc1ccc(S(=O)(=O)NC(C)CCc2ccccc2)c(C)c1. The van der Waals surface area contributed by atoms with E-state index in [0.717, 1.165) is 24.0 Å². The van der Waals surface area contributed by atoms with Crippen LogP contribution in [0.25, 0.3) is 0 Å². The molecule has 1 atom stereocenters. The molecule has 0 spiro atoms. The van der Waals surface area contributed by atoms with Gasteiger partial charge in [0, 0.05) is 6.04 Å². The molecular formula is C18H23NO2S. The summed E-state index contributed by atoms with van der Waals surface area (Å²) < 4.78 is 27.7. The summed E-state index contributed by atoms with van der Waals surface area (Å²) in [4.78, 5) is 0.365. The molecule has 3 nitrogen and oxygen atoms in total. The monoisotopic (exact) mass is 317 g/mol. The molecule has 0 aromatic heterocycles. The molecule has 0 heterocycles. The van der Waals surface area contributed by atoms with Gasteiger partial charge < -0.3 is 0 Å². The van der Waals surface area contributed by atoms with Gasteiger partial charge in [-0.15, -0.1) is 0 Å². The zero-order chi connectivity index (χ0) is 16.2. The molecule has 0 saturated carbocycles. The van der Waals surface area contributed by atoms with E-state index in [1.165, 1.54) is 5.56 Å². The molecule has 4 heteroatoms. The van der Waals surface area contributed by atoms with Gasteiger partial charge in [0.2, 0.25) is 10.0 Å². The Morgan fingerprint density at radius 3 is 2.36 bits per heavy atom. The van der Waals surface area contributed by atoms with Crippen LogP contribution in [-0.2, 0) is 16.4 Å². The van der Waals surface area contributed by atoms with Crippen LogP contribution in [0.4, 0.5) is 0 Å². The van der Waals surface area contributed by atoms with Crippen LogP contribution in [0, 0.1) is 13.8 Å². The van der Waals surface area contributed by atoms with E-state index in [-0.39, 0.29) is 6.04 Å². The summed E-state index contributed by atoms with van der Waals surface area (Å²) in [6.07, 6.45) is 1.63. The van der Waals surface area contributed by atoms with Crippen LogP contribution < -0.4 is 4.72 Å². The normalized spacial score (nSPS) is 13.0. The van der Waals surface area contributed by atoms with Crippen molar-refractivity contribution in [2.75, 3.05) is 0 Å². The standard InChI is InChI=1S/C18H23NO2S/c1-14-9-12-18(15(2)13-14)22(20,21)19-16(3)10-11-17-7-5-4-6-8-17/h4-9,12-13,16,19H,10-11H2,1-3H3. The fourth-order valence-corrected chi connectivity index (χ4v) is 4.02. The molecule has 0 aliphatic rings. The van der Waals surface area contributed by atoms with Crippen LogP contribution >= 0.6 is 0 Å². The van der Waals surface area contributed by atoms with E-state index >= 15 is 0 Å². The molecule has 0 aliphatic heterocycles. The molecule has 1 N–H and O–H groups in total. The Morgan fingerprint density at radius 2 is 1.73 bits per heavy atom. The molecule has 1 unspecified atom stereocenters. The summed E-state index contributed by atoms with van der Waals surface area (Å²) in [6.45, 7) is 5.69. The molecule has 2 rings (SSSR count). The largest absolute Gasteiger partial charge is 0.241 e. The highest BCUT2D eigenvalue weighted by molar-refractivity contribution is 7.89. The van der Waals surface area contributed by atoms with Crippen LogP contribution in [0.1, 0.15) is 30.0 Å². The third-order valence-electron chi connectivity index (χ3n) is 3.69. The van der Waals surface area contributed by atoms with Gasteiger partial charge in [0.25, 0.3) is 0 Å². The number of benzene rings is 2. The van der Waals surface area contributed by atoms with E-state index in [1.54, 1.807) is 6.07 Å². The smallest absolute Gasteiger partial charge is 0.208 e. The Kier molecular flexibility index (Phi) is 5.37. The van der Waals surface area contributed by atoms with Crippen molar-refractivity contribution in [1.82, 2.24) is 4.72 Å². The first-order valence-electron chi connectivity index (χ1n) is 7.52. The molecule has 0 aliphatic carbocycles. The maximum Gasteiger partial charge on any atom is 0.241 e. The lowest BCUT2D eigenvalue weighted by molar-refractivity contribution is 0.546. The number of nitrogens with one attached hydrogen (secondary N) is 1. The lowest BCUT2D eigenvalue weighted by atomic mass is 10.1. The fourth-order valence-electron chi connectivity index (χ4n) is 2.52. The number of rotatable bonds is 6. The molecule has 0 saturated heterocycles. The van der Waals surface area contributed by atoms with Crippen LogP contribution in [0.2, 0.25) is 0 Å². The van der Waals surface area contributed by atoms with Crippen molar-refractivity contribution in [3.8, 4) is 0 Å². The summed E-state index contributed by atoms with van der Waals surface area (Å²) in [5.74, 6) is 0. The summed E-state index contributed by atoms with van der Waals surface area (Å²) >= 11 is 0. The highest BCUT2D eigenvalue weighted by Crippen LogP contribution is 2.17. The van der Waals surface area contributed by atoms with E-state index < -0.39 is 10.0 Å². The third kappa shape index (κ3) is 4.42. The van der Waals surface area contributed by atoms with Crippen molar-refractivity contribution in [2.45, 2.75) is 44.6 Å². The molecular weight excluding hydrogens is 294 g/mol. The van der Waals surface area contributed by atoms with Crippen LogP contribution in [0.3, 0.4) is 0 Å². The average Bonchev–Trinajstić information content (AvgIpc) is 2.45. The van der Waals surface area contributed by atoms with E-state index in [9.17, 15) is 8.42 Å². The second-order valence-corrected chi connectivity index (χ2v) is 7.50. The van der Waals surface area contributed by atoms with Gasteiger partial charge >= 0.3 is 0 Å². The summed E-state index contributed by atoms with van der Waals surface area (Å²) in [5.41, 5.74) is 3.07. The van der Waals surface area contributed by atoms with Crippen molar-refractivity contribution >= 4 is 10.0 Å². The van der Waals surface area contributed by atoms with Crippen LogP contribution in [0.5, 0.6) is 0 Å². The number of hydrogen-bond acceptors (Lipinski definition) is 2. The minimum atomic E-state index is -3.46. The van der Waals surface area contributed by atoms with Gasteiger partial charge in [-0.05, 0) is 50.8 Å². The lowest BCUT2D eigenvalue weighted by Gasteiger charge is -2.15. The van der Waals surface area contributed by atoms with Gasteiger partial charge in [0.15, 0.2) is 0 Å². The number of aryl methyl sites for hydroxylation is 3. The highest BCUT2D eigenvalue weighted by atomic mass is 32.2. The molecule has 0 fully saturated rings. The van der Waals surface area contributed by atoms with Crippen molar-refractivity contribution < 1.29 is 8.42 Å². The van der Waals surface area contributed by atoms with Gasteiger partial charge in [-0.25, -0.2) is 13.1 Å². The summed E-state index contributed by atoms with van der Waals surface area (Å²) in [6, 6.07) is 15.4. The quantitative estimate of drug-likeness (QED) is 0.885. The Bertz CT molecular complexity index is 724. The van der Waals surface area contributed by atoms with E-state index in [2.05, 4.69) is 16.9 Å². The van der Waals surface area contributed by atoms with E-state index in [0.29, 0.717) is 4.90 Å². The summed E-state index contributed by atoms with van der Waals surface area (Å²) in [5, 5.41) is 0. The molecule has 0 bridgehead atoms. The average molecular weight is 317 g/mol. The number of sulfonamides is 1. The maximum absolute atomic E-state index is 12.5. The first-order valence-corrected chi connectivity index (χ1v) is 9.00. The third-order valence-corrected chi connectivity index (χ3v) is 5.43. The first kappa shape index (κ1) is 16.7. The molecule has 0 amide bonds. The van der Waals surface area contributed by atoms with Crippen molar-refractivity contribution in [3.05, 3.63) is 65.2 Å². The highest BCUT2D eigenvalue weighted by Gasteiger charge is 2.19. The Balaban J connectivity index is 2.02. The van der Waals surface area contributed by atoms with Gasteiger partial charge in [-0.2, -0.15) is 0 Å². The molecule has 118 valence electrons. The Hall–Kier alpha value is -1.65. The van der Waals surface area contributed by atoms with E-state index in [4.69, 9.17) is 0 Å². The van der Waals surface area contributed by atoms with Gasteiger partial charge in [0.1, 0.15) is 0 Å². The van der Waals surface area contributed by atoms with Gasteiger partial charge in [-0.1, -0.05) is 48.0 Å². The minimum Gasteiger partial charge on any atom is -0.208 e. The van der Waals surface area contributed by atoms with E-state index in [1.807, 2.05) is 51.1 Å². The number of hydrogen-bond donors (Lipinski definition) is 1. The molecule has 2 aromatic carbocycles. The first-order chi connectivity index (χ1) is 10.4. The Labute approximate surface area is 133 Å². The topological polar surface area (TPSA) is 46.2 Å². The molecule has 2 aromatic rings. The van der Waals surface area contributed by atoms with Crippen molar-refractivity contribution in [1.29, 1.82) is 0 Å². The maximum atomic E-state index is 12.5. The molecule has 0 radical (unpaired) electrons. The second-order valence-electron chi connectivity index (χ2n) is 5.82. The second kappa shape index (κ2) is 7.07. The fraction of sp³-hybridized carbons (Fsp3) is 0.333. The summed E-state index contributed by atoms with van der Waals surface area (Å²) in [7, 11) is -3.46. The van der Waals surface area contributed by atoms with Crippen LogP contribution in [0.15, 0.2) is 53.4 Å². The van der Waals surface area contributed by atoms with Crippen LogP contribution in [-0.4, -0.2) is 14.5 Å². The van der Waals surface area contributed by atoms with Gasteiger partial charge in [-0.3, -0.25) is 0 Å². The zero-order valence-corrected chi connectivity index (χ0v) is 14.2. The molecule has 22 heavy (non-hydrogen) atoms. The van der Waals surface area contributed by atoms with Gasteiger partial charge in [0.05, 0.1) is 4.90 Å². The Morgan fingerprint density at radius 1 is 1.05 bits per heavy atom. The van der Waals surface area contributed by atoms with Crippen molar-refractivity contribution in [2.24, 2.45) is 0 Å². The zero-order valence-electron chi connectivity index (χ0n) is 13.3. The predicted octanol–water partition coefficient (Wildman–Crippen LogP) is 3.60. The minimum absolute atomic E-state index is 0.106. The lowest BCUT2D eigenvalue weighted by Crippen LogP contribution is -2.33. The van der Waals surface area contributed by atoms with Crippen molar-refractivity contribution in [3.63, 3.8) is 0 Å². The predicted molar refractivity (Wildman–Crippen MR) is 90.5 cm³/mol.